The Balaban J connectivity index is 1.97. The lowest BCUT2D eigenvalue weighted by Crippen LogP contribution is -2.74. The molecule has 17 heavy (non-hydrogen) atoms. The molecule has 0 saturated carbocycles. The summed E-state index contributed by atoms with van der Waals surface area (Å²) in [6.07, 6.45) is -0.238. The summed E-state index contributed by atoms with van der Waals surface area (Å²) in [4.78, 5) is 13.1. The molecule has 2 rings (SSSR count). The molecule has 6 heteroatoms. The second-order valence-corrected chi connectivity index (χ2v) is 5.79. The monoisotopic (exact) mass is 248 g/mol. The third-order valence-corrected chi connectivity index (χ3v) is 3.27. The van der Waals surface area contributed by atoms with Crippen molar-refractivity contribution in [3.05, 3.63) is 0 Å². The maximum atomic E-state index is 13.4. The minimum Gasteiger partial charge on any atom is -0.444 e. The van der Waals surface area contributed by atoms with Crippen LogP contribution in [0.25, 0.3) is 0 Å². The molecule has 2 saturated heterocycles. The number of nitrogens with zero attached hydrogens (tertiary/aromatic N) is 1. The van der Waals surface area contributed by atoms with Crippen molar-refractivity contribution in [2.45, 2.75) is 44.3 Å². The number of carbonyl (C=O) groups is 1. The molecule has 2 aliphatic rings. The zero-order chi connectivity index (χ0) is 12.9. The number of halogens is 2. The Morgan fingerprint density at radius 1 is 1.41 bits per heavy atom. The van der Waals surface area contributed by atoms with E-state index in [1.807, 2.05) is 0 Å². The number of amides is 1. The molecular weight excluding hydrogens is 230 g/mol. The second-order valence-electron chi connectivity index (χ2n) is 5.79. The van der Waals surface area contributed by atoms with E-state index in [9.17, 15) is 13.6 Å². The molecule has 1 N–H and O–H groups in total. The molecule has 0 aliphatic carbocycles. The van der Waals surface area contributed by atoms with Gasteiger partial charge in [-0.15, -0.1) is 0 Å². The van der Waals surface area contributed by atoms with E-state index in [0.717, 1.165) is 0 Å². The lowest BCUT2D eigenvalue weighted by Gasteiger charge is -2.47. The molecule has 1 amide bonds. The Labute approximate surface area is 99.3 Å². The first-order chi connectivity index (χ1) is 7.65. The van der Waals surface area contributed by atoms with Gasteiger partial charge in [0.05, 0.1) is 6.54 Å². The number of rotatable bonds is 0. The SMILES string of the molecule is CC(C)(C)OC(=O)N1CC[C@]2(C1)NCC2(F)F. The number of hydrogen-bond donors (Lipinski definition) is 1. The summed E-state index contributed by atoms with van der Waals surface area (Å²) >= 11 is 0. The zero-order valence-corrected chi connectivity index (χ0v) is 10.3. The van der Waals surface area contributed by atoms with Gasteiger partial charge in [0.15, 0.2) is 0 Å². The molecule has 2 aliphatic heterocycles. The standard InChI is InChI=1S/C11H18F2N2O2/c1-9(2,3)17-8(16)15-5-4-10(7-15)11(12,13)6-14-10/h14H,4-7H2,1-3H3/t10-/m1/s1. The quantitative estimate of drug-likeness (QED) is 0.708. The molecule has 0 aromatic rings. The van der Waals surface area contributed by atoms with E-state index in [1.54, 1.807) is 20.8 Å². The fourth-order valence-corrected chi connectivity index (χ4v) is 2.21. The van der Waals surface area contributed by atoms with Gasteiger partial charge in [-0.25, -0.2) is 13.6 Å². The number of nitrogens with one attached hydrogen (secondary N) is 1. The van der Waals surface area contributed by atoms with Crippen LogP contribution in [0.15, 0.2) is 0 Å². The predicted octanol–water partition coefficient (Wildman–Crippen LogP) is 1.60. The summed E-state index contributed by atoms with van der Waals surface area (Å²) in [6.45, 7) is 5.31. The van der Waals surface area contributed by atoms with Crippen molar-refractivity contribution in [1.82, 2.24) is 10.2 Å². The fourth-order valence-electron chi connectivity index (χ4n) is 2.21. The lowest BCUT2D eigenvalue weighted by atomic mass is 9.83. The summed E-state index contributed by atoms with van der Waals surface area (Å²) in [5.74, 6) is -2.72. The van der Waals surface area contributed by atoms with Gasteiger partial charge < -0.3 is 9.64 Å². The molecule has 0 bridgehead atoms. The highest BCUT2D eigenvalue weighted by molar-refractivity contribution is 5.69. The largest absolute Gasteiger partial charge is 0.444 e. The Morgan fingerprint density at radius 2 is 2.06 bits per heavy atom. The molecule has 0 aromatic heterocycles. The van der Waals surface area contributed by atoms with Crippen molar-refractivity contribution in [3.63, 3.8) is 0 Å². The van der Waals surface area contributed by atoms with Gasteiger partial charge in [0.2, 0.25) is 0 Å². The van der Waals surface area contributed by atoms with Crippen LogP contribution in [0.3, 0.4) is 0 Å². The topological polar surface area (TPSA) is 41.6 Å². The average molecular weight is 248 g/mol. The lowest BCUT2D eigenvalue weighted by molar-refractivity contribution is -0.148. The van der Waals surface area contributed by atoms with Crippen LogP contribution in [0.2, 0.25) is 0 Å². The minimum atomic E-state index is -2.72. The van der Waals surface area contributed by atoms with Gasteiger partial charge in [-0.1, -0.05) is 0 Å². The summed E-state index contributed by atoms with van der Waals surface area (Å²) in [5.41, 5.74) is -1.81. The van der Waals surface area contributed by atoms with E-state index in [-0.39, 0.29) is 19.5 Å². The summed E-state index contributed by atoms with van der Waals surface area (Å²) < 4.78 is 32.0. The molecule has 2 heterocycles. The van der Waals surface area contributed by atoms with E-state index < -0.39 is 23.2 Å². The maximum Gasteiger partial charge on any atom is 0.410 e. The molecule has 1 atom stereocenters. The van der Waals surface area contributed by atoms with Crippen molar-refractivity contribution in [1.29, 1.82) is 0 Å². The number of ether oxygens (including phenoxy) is 1. The molecular formula is C11H18F2N2O2. The van der Waals surface area contributed by atoms with Crippen LogP contribution in [-0.4, -0.2) is 47.7 Å². The predicted molar refractivity (Wildman–Crippen MR) is 58.1 cm³/mol. The molecule has 1 spiro atoms. The first kappa shape index (κ1) is 12.5. The van der Waals surface area contributed by atoms with Gasteiger partial charge in [-0.05, 0) is 27.2 Å². The highest BCUT2D eigenvalue weighted by atomic mass is 19.3. The van der Waals surface area contributed by atoms with Gasteiger partial charge >= 0.3 is 6.09 Å². The molecule has 0 radical (unpaired) electrons. The van der Waals surface area contributed by atoms with Gasteiger partial charge in [0.25, 0.3) is 5.92 Å². The third-order valence-electron chi connectivity index (χ3n) is 3.27. The maximum absolute atomic E-state index is 13.4. The highest BCUT2D eigenvalue weighted by Crippen LogP contribution is 2.42. The number of likely N-dealkylation sites (tertiary alicyclic amines) is 1. The van der Waals surface area contributed by atoms with Gasteiger partial charge in [-0.3, -0.25) is 5.32 Å². The van der Waals surface area contributed by atoms with Gasteiger partial charge in [0, 0.05) is 13.1 Å². The van der Waals surface area contributed by atoms with Crippen molar-refractivity contribution in [2.75, 3.05) is 19.6 Å². The van der Waals surface area contributed by atoms with Crippen LogP contribution < -0.4 is 5.32 Å². The summed E-state index contributed by atoms with van der Waals surface area (Å²) in [7, 11) is 0. The number of alkyl halides is 2. The third kappa shape index (κ3) is 2.10. The van der Waals surface area contributed by atoms with Crippen molar-refractivity contribution in [3.8, 4) is 0 Å². The number of hydrogen-bond acceptors (Lipinski definition) is 3. The van der Waals surface area contributed by atoms with Crippen molar-refractivity contribution >= 4 is 6.09 Å². The average Bonchev–Trinajstić information content (AvgIpc) is 2.60. The Morgan fingerprint density at radius 3 is 2.41 bits per heavy atom. The second kappa shape index (κ2) is 3.54. The Bertz CT molecular complexity index is 341. The van der Waals surface area contributed by atoms with Crippen molar-refractivity contribution < 1.29 is 18.3 Å². The van der Waals surface area contributed by atoms with E-state index in [4.69, 9.17) is 4.74 Å². The first-order valence-corrected chi connectivity index (χ1v) is 5.76. The van der Waals surface area contributed by atoms with E-state index >= 15 is 0 Å². The Kier molecular flexibility index (Phi) is 2.61. The van der Waals surface area contributed by atoms with Crippen LogP contribution in [0.4, 0.5) is 13.6 Å². The molecule has 0 aromatic carbocycles. The first-order valence-electron chi connectivity index (χ1n) is 5.76. The van der Waals surface area contributed by atoms with Gasteiger partial charge in [0.1, 0.15) is 11.1 Å². The normalized spacial score (nSPS) is 31.5. The van der Waals surface area contributed by atoms with Crippen LogP contribution in [-0.2, 0) is 4.74 Å². The molecule has 98 valence electrons. The summed E-state index contributed by atoms with van der Waals surface area (Å²) in [5, 5.41) is 2.76. The minimum absolute atomic E-state index is 0.0227. The Hall–Kier alpha value is -0.910. The van der Waals surface area contributed by atoms with Gasteiger partial charge in [-0.2, -0.15) is 0 Å². The zero-order valence-electron chi connectivity index (χ0n) is 10.3. The van der Waals surface area contributed by atoms with Crippen LogP contribution in [0.5, 0.6) is 0 Å². The molecule has 4 nitrogen and oxygen atoms in total. The number of carbonyl (C=O) groups excluding carboxylic acids is 1. The van der Waals surface area contributed by atoms with E-state index in [0.29, 0.717) is 6.54 Å². The smallest absolute Gasteiger partial charge is 0.410 e. The van der Waals surface area contributed by atoms with Crippen LogP contribution in [0.1, 0.15) is 27.2 Å². The van der Waals surface area contributed by atoms with Crippen LogP contribution in [0, 0.1) is 0 Å². The van der Waals surface area contributed by atoms with E-state index in [1.165, 1.54) is 4.90 Å². The van der Waals surface area contributed by atoms with E-state index in [2.05, 4.69) is 5.32 Å². The molecule has 2 fully saturated rings. The fraction of sp³-hybridized carbons (Fsp3) is 0.909. The van der Waals surface area contributed by atoms with Crippen molar-refractivity contribution in [2.24, 2.45) is 0 Å². The van der Waals surface area contributed by atoms with Crippen LogP contribution >= 0.6 is 0 Å². The molecule has 0 unspecified atom stereocenters. The highest BCUT2D eigenvalue weighted by Gasteiger charge is 2.64. The summed E-state index contributed by atoms with van der Waals surface area (Å²) in [6, 6.07) is 0.